The Morgan fingerprint density at radius 1 is 1.29 bits per heavy atom. The number of halogens is 3. The molecule has 1 rings (SSSR count). The van der Waals surface area contributed by atoms with Crippen molar-refractivity contribution in [2.75, 3.05) is 7.11 Å². The highest BCUT2D eigenvalue weighted by molar-refractivity contribution is 6.04. The lowest BCUT2D eigenvalue weighted by atomic mass is 9.94. The summed E-state index contributed by atoms with van der Waals surface area (Å²) in [5.41, 5.74) is 0. The average Bonchev–Trinajstić information content (AvgIpc) is 3.05. The first-order valence-corrected chi connectivity index (χ1v) is 4.99. The van der Waals surface area contributed by atoms with Crippen molar-refractivity contribution in [2.24, 2.45) is 11.8 Å². The molecule has 1 aliphatic rings. The number of carbonyl (C=O) groups is 3. The molecule has 1 fully saturated rings. The topological polar surface area (TPSA) is 60.4 Å². The van der Waals surface area contributed by atoms with Gasteiger partial charge in [0.2, 0.25) is 5.78 Å². The van der Waals surface area contributed by atoms with Gasteiger partial charge in [0.05, 0.1) is 7.11 Å². The fourth-order valence-corrected chi connectivity index (χ4v) is 1.40. The van der Waals surface area contributed by atoms with E-state index in [9.17, 15) is 27.6 Å². The number of hydrogen-bond acceptors (Lipinski definition) is 4. The van der Waals surface area contributed by atoms with Gasteiger partial charge in [-0.05, 0) is 12.8 Å². The van der Waals surface area contributed by atoms with Gasteiger partial charge in [-0.2, -0.15) is 13.2 Å². The third-order valence-electron chi connectivity index (χ3n) is 2.51. The van der Waals surface area contributed by atoms with Crippen LogP contribution >= 0.6 is 0 Å². The second-order valence-corrected chi connectivity index (χ2v) is 3.88. The van der Waals surface area contributed by atoms with Crippen LogP contribution in [0.2, 0.25) is 0 Å². The summed E-state index contributed by atoms with van der Waals surface area (Å²) in [5.74, 6) is -5.82. The van der Waals surface area contributed by atoms with Gasteiger partial charge in [0.25, 0.3) is 0 Å². The van der Waals surface area contributed by atoms with Crippen LogP contribution in [0.5, 0.6) is 0 Å². The van der Waals surface area contributed by atoms with Gasteiger partial charge in [-0.3, -0.25) is 14.4 Å². The van der Waals surface area contributed by atoms with Crippen molar-refractivity contribution in [3.8, 4) is 0 Å². The first kappa shape index (κ1) is 13.7. The van der Waals surface area contributed by atoms with E-state index in [1.54, 1.807) is 0 Å². The van der Waals surface area contributed by atoms with Crippen LogP contribution in [-0.4, -0.2) is 30.8 Å². The Kier molecular flexibility index (Phi) is 3.90. The van der Waals surface area contributed by atoms with Crippen LogP contribution in [-0.2, 0) is 19.1 Å². The van der Waals surface area contributed by atoms with Gasteiger partial charge >= 0.3 is 12.1 Å². The fraction of sp³-hybridized carbons (Fsp3) is 0.700. The molecule has 4 nitrogen and oxygen atoms in total. The zero-order valence-corrected chi connectivity index (χ0v) is 9.04. The van der Waals surface area contributed by atoms with Crippen molar-refractivity contribution in [3.63, 3.8) is 0 Å². The van der Waals surface area contributed by atoms with Gasteiger partial charge < -0.3 is 4.74 Å². The molecule has 0 bridgehead atoms. The van der Waals surface area contributed by atoms with E-state index < -0.39 is 42.0 Å². The van der Waals surface area contributed by atoms with Crippen LogP contribution in [0, 0.1) is 11.8 Å². The number of Topliss-reactive ketones (excluding diaryl/α,β-unsaturated/α-hetero) is 2. The fourth-order valence-electron chi connectivity index (χ4n) is 1.40. The van der Waals surface area contributed by atoms with E-state index in [1.165, 1.54) is 0 Å². The summed E-state index contributed by atoms with van der Waals surface area (Å²) >= 11 is 0. The minimum atomic E-state index is -5.03. The molecule has 7 heteroatoms. The Bertz CT molecular complexity index is 344. The minimum Gasteiger partial charge on any atom is -0.468 e. The van der Waals surface area contributed by atoms with Crippen molar-refractivity contribution in [2.45, 2.75) is 25.4 Å². The number of ether oxygens (including phenoxy) is 1. The zero-order chi connectivity index (χ0) is 13.2. The largest absolute Gasteiger partial charge is 0.468 e. The maximum absolute atomic E-state index is 12.0. The van der Waals surface area contributed by atoms with E-state index in [1.807, 2.05) is 0 Å². The van der Waals surface area contributed by atoms with Crippen molar-refractivity contribution >= 4 is 17.5 Å². The molecule has 0 heterocycles. The van der Waals surface area contributed by atoms with E-state index >= 15 is 0 Å². The van der Waals surface area contributed by atoms with Crippen LogP contribution < -0.4 is 0 Å². The Labute approximate surface area is 95.1 Å². The maximum Gasteiger partial charge on any atom is 0.450 e. The van der Waals surface area contributed by atoms with Crippen molar-refractivity contribution < 1.29 is 32.3 Å². The number of hydrogen-bond donors (Lipinski definition) is 0. The summed E-state index contributed by atoms with van der Waals surface area (Å²) in [6.45, 7) is 0. The van der Waals surface area contributed by atoms with Gasteiger partial charge in [0, 0.05) is 12.3 Å². The summed E-state index contributed by atoms with van der Waals surface area (Å²) in [6.07, 6.45) is -5.10. The maximum atomic E-state index is 12.0. The predicted octanol–water partition coefficient (Wildman–Crippen LogP) is 1.28. The molecule has 0 aromatic rings. The van der Waals surface area contributed by atoms with Crippen LogP contribution in [0.1, 0.15) is 19.3 Å². The lowest BCUT2D eigenvalue weighted by molar-refractivity contribution is -0.174. The molecule has 0 aromatic heterocycles. The number of carbonyl (C=O) groups excluding carboxylic acids is 3. The molecular formula is C10H11F3O4. The third-order valence-corrected chi connectivity index (χ3v) is 2.51. The normalized spacial score (nSPS) is 17.4. The number of ketones is 2. The first-order valence-electron chi connectivity index (χ1n) is 4.99. The quantitative estimate of drug-likeness (QED) is 0.546. The van der Waals surface area contributed by atoms with Gasteiger partial charge in [-0.15, -0.1) is 0 Å². The molecular weight excluding hydrogens is 241 g/mol. The first-order chi connectivity index (χ1) is 7.77. The highest BCUT2D eigenvalue weighted by Gasteiger charge is 2.45. The second-order valence-electron chi connectivity index (χ2n) is 3.88. The highest BCUT2D eigenvalue weighted by atomic mass is 19.4. The van der Waals surface area contributed by atoms with E-state index in [0.29, 0.717) is 12.8 Å². The molecule has 1 unspecified atom stereocenters. The Hall–Kier alpha value is -1.40. The van der Waals surface area contributed by atoms with Crippen molar-refractivity contribution in [1.29, 1.82) is 0 Å². The number of alkyl halides is 3. The Balaban J connectivity index is 2.73. The third kappa shape index (κ3) is 3.54. The molecule has 1 aliphatic carbocycles. The molecule has 0 radical (unpaired) electrons. The van der Waals surface area contributed by atoms with Crippen LogP contribution in [0.25, 0.3) is 0 Å². The average molecular weight is 252 g/mol. The van der Waals surface area contributed by atoms with E-state index in [-0.39, 0.29) is 0 Å². The van der Waals surface area contributed by atoms with E-state index in [0.717, 1.165) is 7.11 Å². The minimum absolute atomic E-state index is 0.403. The SMILES string of the molecule is COC(=O)C(CC(=O)C(F)(F)F)C(=O)C1CC1. The summed E-state index contributed by atoms with van der Waals surface area (Å²) in [6, 6.07) is 0. The molecule has 0 amide bonds. The summed E-state index contributed by atoms with van der Waals surface area (Å²) in [7, 11) is 0.966. The predicted molar refractivity (Wildman–Crippen MR) is 48.9 cm³/mol. The number of rotatable bonds is 5. The molecule has 96 valence electrons. The van der Waals surface area contributed by atoms with Crippen LogP contribution in [0.15, 0.2) is 0 Å². The molecule has 17 heavy (non-hydrogen) atoms. The monoisotopic (exact) mass is 252 g/mol. The van der Waals surface area contributed by atoms with Gasteiger partial charge in [-0.1, -0.05) is 0 Å². The molecule has 0 aromatic carbocycles. The summed E-state index contributed by atoms with van der Waals surface area (Å²) in [4.78, 5) is 33.5. The lowest BCUT2D eigenvalue weighted by Gasteiger charge is -2.13. The number of methoxy groups -OCH3 is 1. The van der Waals surface area contributed by atoms with E-state index in [4.69, 9.17) is 0 Å². The summed E-state index contributed by atoms with van der Waals surface area (Å²) in [5, 5.41) is 0. The van der Waals surface area contributed by atoms with Crippen molar-refractivity contribution in [1.82, 2.24) is 0 Å². The van der Waals surface area contributed by atoms with Crippen molar-refractivity contribution in [3.05, 3.63) is 0 Å². The molecule has 1 saturated carbocycles. The van der Waals surface area contributed by atoms with Crippen LogP contribution in [0.4, 0.5) is 13.2 Å². The summed E-state index contributed by atoms with van der Waals surface area (Å²) < 4.78 is 40.4. The van der Waals surface area contributed by atoms with E-state index in [2.05, 4.69) is 4.74 Å². The molecule has 0 spiro atoms. The highest BCUT2D eigenvalue weighted by Crippen LogP contribution is 2.34. The zero-order valence-electron chi connectivity index (χ0n) is 9.04. The second kappa shape index (κ2) is 4.85. The molecule has 0 aliphatic heterocycles. The lowest BCUT2D eigenvalue weighted by Crippen LogP contribution is -2.33. The standard InChI is InChI=1S/C10H11F3O4/c1-17-9(16)6(8(15)5-2-3-5)4-7(14)10(11,12)13/h5-6H,2-4H2,1H3. The molecule has 0 saturated heterocycles. The van der Waals surface area contributed by atoms with Crippen LogP contribution in [0.3, 0.4) is 0 Å². The smallest absolute Gasteiger partial charge is 0.450 e. The van der Waals surface area contributed by atoms with Gasteiger partial charge in [0.1, 0.15) is 5.92 Å². The molecule has 1 atom stereocenters. The Morgan fingerprint density at radius 3 is 2.18 bits per heavy atom. The Morgan fingerprint density at radius 2 is 1.82 bits per heavy atom. The van der Waals surface area contributed by atoms with Gasteiger partial charge in [-0.25, -0.2) is 0 Å². The number of esters is 1. The van der Waals surface area contributed by atoms with Gasteiger partial charge in [0.15, 0.2) is 5.78 Å². The molecule has 0 N–H and O–H groups in total.